The monoisotopic (exact) mass is 225 g/mol. The lowest BCUT2D eigenvalue weighted by Gasteiger charge is -2.20. The van der Waals surface area contributed by atoms with Gasteiger partial charge in [0, 0.05) is 0 Å². The summed E-state index contributed by atoms with van der Waals surface area (Å²) in [5.74, 6) is 3.05. The molecular weight excluding hydrogens is 194 g/mol. The van der Waals surface area contributed by atoms with E-state index < -0.39 is 0 Å². The molecule has 96 valence electrons. The van der Waals surface area contributed by atoms with Crippen LogP contribution in [0.25, 0.3) is 0 Å². The molecule has 0 aromatic heterocycles. The Hall–Kier alpha value is -0.0400. The van der Waals surface area contributed by atoms with Crippen molar-refractivity contribution >= 4 is 0 Å². The molecule has 1 atom stereocenters. The van der Waals surface area contributed by atoms with Gasteiger partial charge in [-0.15, -0.1) is 0 Å². The van der Waals surface area contributed by atoms with Crippen LogP contribution in [-0.2, 0) is 0 Å². The third-order valence-electron chi connectivity index (χ3n) is 4.05. The van der Waals surface area contributed by atoms with Crippen LogP contribution in [0.5, 0.6) is 0 Å². The number of nitrogens with one attached hydrogen (secondary N) is 1. The Morgan fingerprint density at radius 2 is 1.62 bits per heavy atom. The van der Waals surface area contributed by atoms with Gasteiger partial charge in [0.1, 0.15) is 0 Å². The summed E-state index contributed by atoms with van der Waals surface area (Å²) in [7, 11) is 2.04. The van der Waals surface area contributed by atoms with Crippen molar-refractivity contribution in [1.29, 1.82) is 0 Å². The van der Waals surface area contributed by atoms with Gasteiger partial charge in [-0.3, -0.25) is 0 Å². The van der Waals surface area contributed by atoms with Crippen molar-refractivity contribution < 1.29 is 0 Å². The topological polar surface area (TPSA) is 12.0 Å². The standard InChI is InChI=1S/C15H31N/c1-13(2)15(14-10-11-14)9-7-5-4-6-8-12-16-3/h13-16H,4-12H2,1-3H3. The molecule has 0 aromatic carbocycles. The Morgan fingerprint density at radius 3 is 2.19 bits per heavy atom. The van der Waals surface area contributed by atoms with Gasteiger partial charge in [-0.2, -0.15) is 0 Å². The zero-order valence-electron chi connectivity index (χ0n) is 11.6. The molecule has 16 heavy (non-hydrogen) atoms. The van der Waals surface area contributed by atoms with Crippen LogP contribution in [0, 0.1) is 17.8 Å². The summed E-state index contributed by atoms with van der Waals surface area (Å²) < 4.78 is 0. The zero-order chi connectivity index (χ0) is 11.8. The molecule has 1 aliphatic rings. The van der Waals surface area contributed by atoms with E-state index in [0.29, 0.717) is 0 Å². The zero-order valence-corrected chi connectivity index (χ0v) is 11.6. The second-order valence-electron chi connectivity index (χ2n) is 5.91. The SMILES string of the molecule is CNCCCCCCCC(C(C)C)C1CC1. The van der Waals surface area contributed by atoms with E-state index in [0.717, 1.165) is 17.8 Å². The fraction of sp³-hybridized carbons (Fsp3) is 1.00. The molecule has 0 amide bonds. The van der Waals surface area contributed by atoms with Crippen molar-refractivity contribution in [2.24, 2.45) is 17.8 Å². The average molecular weight is 225 g/mol. The summed E-state index contributed by atoms with van der Waals surface area (Å²) in [6, 6.07) is 0. The van der Waals surface area contributed by atoms with Crippen molar-refractivity contribution in [1.82, 2.24) is 5.32 Å². The third-order valence-corrected chi connectivity index (χ3v) is 4.05. The molecule has 0 aliphatic heterocycles. The molecule has 1 heteroatoms. The fourth-order valence-electron chi connectivity index (χ4n) is 2.85. The van der Waals surface area contributed by atoms with Crippen molar-refractivity contribution in [3.05, 3.63) is 0 Å². The van der Waals surface area contributed by atoms with Gasteiger partial charge in [-0.1, -0.05) is 39.5 Å². The summed E-state index contributed by atoms with van der Waals surface area (Å²) in [6.07, 6.45) is 11.7. The van der Waals surface area contributed by atoms with E-state index in [4.69, 9.17) is 0 Å². The Morgan fingerprint density at radius 1 is 1.00 bits per heavy atom. The lowest BCUT2D eigenvalue weighted by Crippen LogP contribution is -2.11. The average Bonchev–Trinajstić information content (AvgIpc) is 3.05. The maximum atomic E-state index is 3.21. The lowest BCUT2D eigenvalue weighted by atomic mass is 9.86. The summed E-state index contributed by atoms with van der Waals surface area (Å²) in [5, 5.41) is 3.21. The second kappa shape index (κ2) is 8.11. The smallest absolute Gasteiger partial charge is 0.00519 e. The fourth-order valence-corrected chi connectivity index (χ4v) is 2.85. The summed E-state index contributed by atoms with van der Waals surface area (Å²) in [4.78, 5) is 0. The summed E-state index contributed by atoms with van der Waals surface area (Å²) in [5.41, 5.74) is 0. The summed E-state index contributed by atoms with van der Waals surface area (Å²) >= 11 is 0. The molecule has 0 spiro atoms. The van der Waals surface area contributed by atoms with Gasteiger partial charge >= 0.3 is 0 Å². The van der Waals surface area contributed by atoms with Crippen molar-refractivity contribution in [2.45, 2.75) is 65.2 Å². The molecule has 1 nitrogen and oxygen atoms in total. The molecule has 1 fully saturated rings. The minimum Gasteiger partial charge on any atom is -0.320 e. The first-order chi connectivity index (χ1) is 7.75. The molecule has 0 radical (unpaired) electrons. The molecule has 1 saturated carbocycles. The highest BCUT2D eigenvalue weighted by Gasteiger charge is 2.32. The molecular formula is C15H31N. The highest BCUT2D eigenvalue weighted by molar-refractivity contribution is 4.82. The van der Waals surface area contributed by atoms with Gasteiger partial charge in [-0.25, -0.2) is 0 Å². The number of rotatable bonds is 10. The van der Waals surface area contributed by atoms with Crippen LogP contribution in [0.1, 0.15) is 65.2 Å². The quantitative estimate of drug-likeness (QED) is 0.549. The van der Waals surface area contributed by atoms with E-state index in [1.807, 2.05) is 7.05 Å². The first-order valence-corrected chi connectivity index (χ1v) is 7.40. The molecule has 0 aromatic rings. The molecule has 1 rings (SSSR count). The van der Waals surface area contributed by atoms with E-state index in [1.54, 1.807) is 0 Å². The third kappa shape index (κ3) is 5.89. The maximum absolute atomic E-state index is 3.21. The Kier molecular flexibility index (Phi) is 7.11. The molecule has 1 unspecified atom stereocenters. The molecule has 1 aliphatic carbocycles. The van der Waals surface area contributed by atoms with E-state index in [1.165, 1.54) is 57.9 Å². The molecule has 0 bridgehead atoms. The number of hydrogen-bond acceptors (Lipinski definition) is 1. The minimum atomic E-state index is 0.914. The van der Waals surface area contributed by atoms with E-state index in [-0.39, 0.29) is 0 Å². The predicted octanol–water partition coefficient (Wildman–Crippen LogP) is 4.23. The first kappa shape index (κ1) is 14.0. The van der Waals surface area contributed by atoms with Crippen molar-refractivity contribution in [2.75, 3.05) is 13.6 Å². The van der Waals surface area contributed by atoms with E-state index >= 15 is 0 Å². The number of hydrogen-bond donors (Lipinski definition) is 1. The summed E-state index contributed by atoms with van der Waals surface area (Å²) in [6.45, 7) is 6.02. The van der Waals surface area contributed by atoms with Crippen LogP contribution in [0.3, 0.4) is 0 Å². The Labute approximate surface area is 102 Å². The van der Waals surface area contributed by atoms with Crippen molar-refractivity contribution in [3.8, 4) is 0 Å². The number of unbranched alkanes of at least 4 members (excludes halogenated alkanes) is 4. The second-order valence-corrected chi connectivity index (χ2v) is 5.91. The van der Waals surface area contributed by atoms with Crippen LogP contribution < -0.4 is 5.32 Å². The van der Waals surface area contributed by atoms with Crippen LogP contribution in [0.4, 0.5) is 0 Å². The lowest BCUT2D eigenvalue weighted by molar-refractivity contribution is 0.306. The first-order valence-electron chi connectivity index (χ1n) is 7.40. The van der Waals surface area contributed by atoms with Crippen molar-refractivity contribution in [3.63, 3.8) is 0 Å². The van der Waals surface area contributed by atoms with Crippen LogP contribution >= 0.6 is 0 Å². The predicted molar refractivity (Wildman–Crippen MR) is 72.7 cm³/mol. The van der Waals surface area contributed by atoms with Gasteiger partial charge in [0.25, 0.3) is 0 Å². The van der Waals surface area contributed by atoms with Gasteiger partial charge in [0.05, 0.1) is 0 Å². The van der Waals surface area contributed by atoms with Gasteiger partial charge < -0.3 is 5.32 Å². The van der Waals surface area contributed by atoms with E-state index in [9.17, 15) is 0 Å². The normalized spacial score (nSPS) is 18.0. The maximum Gasteiger partial charge on any atom is -0.00519 e. The van der Waals surface area contributed by atoms with Gasteiger partial charge in [0.2, 0.25) is 0 Å². The van der Waals surface area contributed by atoms with Gasteiger partial charge in [-0.05, 0) is 57.0 Å². The molecule has 0 heterocycles. The molecule has 0 saturated heterocycles. The van der Waals surface area contributed by atoms with Crippen LogP contribution in [0.2, 0.25) is 0 Å². The largest absolute Gasteiger partial charge is 0.320 e. The highest BCUT2D eigenvalue weighted by Crippen LogP contribution is 2.42. The van der Waals surface area contributed by atoms with Crippen LogP contribution in [-0.4, -0.2) is 13.6 Å². The Bertz CT molecular complexity index is 159. The highest BCUT2D eigenvalue weighted by atomic mass is 14.8. The van der Waals surface area contributed by atoms with Gasteiger partial charge in [0.15, 0.2) is 0 Å². The van der Waals surface area contributed by atoms with E-state index in [2.05, 4.69) is 19.2 Å². The minimum absolute atomic E-state index is 0.914. The molecule has 1 N–H and O–H groups in total. The Balaban J connectivity index is 1.92. The van der Waals surface area contributed by atoms with Crippen LogP contribution in [0.15, 0.2) is 0 Å².